The Bertz CT molecular complexity index is 1030. The smallest absolute Gasteiger partial charge is 0.306 e. The van der Waals surface area contributed by atoms with E-state index >= 15 is 0 Å². The summed E-state index contributed by atoms with van der Waals surface area (Å²) in [5.41, 5.74) is 0. The SMILES string of the molecule is CCCCCCCCC/C=C\CCCCCCCC(=O)OC(COCCCCCCCCCCCCCCCCCCCCCCCCCCCC)COP(=O)([O-])OCC[N+](C)(C)C. The van der Waals surface area contributed by atoms with Gasteiger partial charge in [0.25, 0.3) is 7.82 Å². The van der Waals surface area contributed by atoms with Crippen molar-refractivity contribution in [3.8, 4) is 0 Å². The number of hydrogen-bond donors (Lipinski definition) is 0. The number of unbranched alkanes of at least 4 members (excludes halogenated alkanes) is 37. The molecule has 64 heavy (non-hydrogen) atoms. The molecule has 0 aliphatic rings. The summed E-state index contributed by atoms with van der Waals surface area (Å²) in [6.45, 7) is 5.47. The van der Waals surface area contributed by atoms with Crippen LogP contribution in [0, 0.1) is 0 Å². The van der Waals surface area contributed by atoms with Gasteiger partial charge >= 0.3 is 5.97 Å². The van der Waals surface area contributed by atoms with Crippen molar-refractivity contribution in [3.63, 3.8) is 0 Å². The predicted molar refractivity (Wildman–Crippen MR) is 273 cm³/mol. The van der Waals surface area contributed by atoms with Crippen LogP contribution in [0.4, 0.5) is 0 Å². The van der Waals surface area contributed by atoms with Crippen molar-refractivity contribution < 1.29 is 37.3 Å². The van der Waals surface area contributed by atoms with Gasteiger partial charge in [0.05, 0.1) is 34.4 Å². The number of hydrogen-bond acceptors (Lipinski definition) is 7. The van der Waals surface area contributed by atoms with Crippen molar-refractivity contribution in [1.29, 1.82) is 0 Å². The molecule has 0 saturated heterocycles. The minimum Gasteiger partial charge on any atom is -0.756 e. The second-order valence-corrected chi connectivity index (χ2v) is 21.7. The molecule has 0 aliphatic carbocycles. The van der Waals surface area contributed by atoms with E-state index in [4.69, 9.17) is 18.5 Å². The normalized spacial score (nSPS) is 13.5. The van der Waals surface area contributed by atoms with E-state index in [1.807, 2.05) is 21.1 Å². The molecule has 0 fully saturated rings. The van der Waals surface area contributed by atoms with Crippen LogP contribution in [0.25, 0.3) is 0 Å². The Labute approximate surface area is 399 Å². The molecule has 0 spiro atoms. The lowest BCUT2D eigenvalue weighted by atomic mass is 10.0. The standard InChI is InChI=1S/C55H110NO7P/c1-6-8-10-12-14-16-18-20-22-24-25-26-27-28-29-30-31-32-33-35-37-39-41-43-45-47-50-60-52-54(53-62-64(58,59)61-51-49-56(3,4)5)63-55(57)48-46-44-42-40-38-36-34-23-21-19-17-15-13-11-9-7-2/h23,34,54H,6-22,24-33,35-53H2,1-5H3/b34-23-. The number of phosphoric acid groups is 1. The van der Waals surface area contributed by atoms with Crippen LogP contribution in [0.2, 0.25) is 0 Å². The summed E-state index contributed by atoms with van der Waals surface area (Å²) in [4.78, 5) is 25.2. The number of carbonyl (C=O) groups is 1. The number of allylic oxidation sites excluding steroid dienone is 2. The van der Waals surface area contributed by atoms with Crippen molar-refractivity contribution in [3.05, 3.63) is 12.2 Å². The fraction of sp³-hybridized carbons (Fsp3) is 0.945. The molecule has 0 N–H and O–H groups in total. The Kier molecular flexibility index (Phi) is 48.1. The molecule has 0 heterocycles. The van der Waals surface area contributed by atoms with Gasteiger partial charge in [-0.05, 0) is 38.5 Å². The first-order valence-corrected chi connectivity index (χ1v) is 29.4. The Hall–Kier alpha value is -0.760. The Morgan fingerprint density at radius 2 is 0.812 bits per heavy atom. The quantitative estimate of drug-likeness (QED) is 0.0197. The number of quaternary nitrogens is 1. The molecule has 0 rings (SSSR count). The van der Waals surface area contributed by atoms with Crippen LogP contribution in [0.1, 0.15) is 277 Å². The Morgan fingerprint density at radius 3 is 1.19 bits per heavy atom. The monoisotopic (exact) mass is 928 g/mol. The summed E-state index contributed by atoms with van der Waals surface area (Å²) in [5.74, 6) is -0.336. The van der Waals surface area contributed by atoms with Crippen LogP contribution >= 0.6 is 7.82 Å². The third kappa shape index (κ3) is 52.2. The maximum atomic E-state index is 12.7. The number of rotatable bonds is 53. The van der Waals surface area contributed by atoms with E-state index in [0.29, 0.717) is 24.1 Å². The van der Waals surface area contributed by atoms with Gasteiger partial charge in [-0.15, -0.1) is 0 Å². The molecular formula is C55H110NO7P. The lowest BCUT2D eigenvalue weighted by Crippen LogP contribution is -2.37. The van der Waals surface area contributed by atoms with Crippen LogP contribution in [0.3, 0.4) is 0 Å². The van der Waals surface area contributed by atoms with Gasteiger partial charge in [-0.1, -0.05) is 244 Å². The lowest BCUT2D eigenvalue weighted by molar-refractivity contribution is -0.870. The van der Waals surface area contributed by atoms with Gasteiger partial charge in [0.2, 0.25) is 0 Å². The largest absolute Gasteiger partial charge is 0.756 e. The van der Waals surface area contributed by atoms with Gasteiger partial charge in [0, 0.05) is 13.0 Å². The maximum Gasteiger partial charge on any atom is 0.306 e. The Morgan fingerprint density at radius 1 is 0.469 bits per heavy atom. The van der Waals surface area contributed by atoms with Crippen molar-refractivity contribution in [2.24, 2.45) is 0 Å². The molecule has 0 amide bonds. The van der Waals surface area contributed by atoms with Gasteiger partial charge in [0.1, 0.15) is 19.3 Å². The maximum absolute atomic E-state index is 12.7. The van der Waals surface area contributed by atoms with Gasteiger partial charge < -0.3 is 27.9 Å². The third-order valence-corrected chi connectivity index (χ3v) is 13.5. The molecule has 0 bridgehead atoms. The van der Waals surface area contributed by atoms with E-state index < -0.39 is 13.9 Å². The molecule has 9 heteroatoms. The molecule has 0 saturated carbocycles. The fourth-order valence-corrected chi connectivity index (χ4v) is 8.98. The van der Waals surface area contributed by atoms with Crippen molar-refractivity contribution in [2.45, 2.75) is 283 Å². The van der Waals surface area contributed by atoms with E-state index in [-0.39, 0.29) is 25.8 Å². The number of likely N-dealkylation sites (N-methyl/N-ethyl adjacent to an activating group) is 1. The number of nitrogens with zero attached hydrogens (tertiary/aromatic N) is 1. The molecule has 0 radical (unpaired) electrons. The minimum atomic E-state index is -4.53. The first-order valence-electron chi connectivity index (χ1n) is 27.9. The zero-order chi connectivity index (χ0) is 46.9. The fourth-order valence-electron chi connectivity index (χ4n) is 8.25. The van der Waals surface area contributed by atoms with Crippen LogP contribution in [0.15, 0.2) is 12.2 Å². The van der Waals surface area contributed by atoms with E-state index in [2.05, 4.69) is 26.0 Å². The summed E-state index contributed by atoms with van der Waals surface area (Å²) in [6, 6.07) is 0. The molecule has 2 unspecified atom stereocenters. The number of phosphoric ester groups is 1. The average Bonchev–Trinajstić information content (AvgIpc) is 3.25. The molecule has 0 aliphatic heterocycles. The van der Waals surface area contributed by atoms with E-state index in [0.717, 1.165) is 44.9 Å². The summed E-state index contributed by atoms with van der Waals surface area (Å²) in [6.07, 6.45) is 56.8. The van der Waals surface area contributed by atoms with Crippen molar-refractivity contribution in [1.82, 2.24) is 0 Å². The Balaban J connectivity index is 4.00. The van der Waals surface area contributed by atoms with Gasteiger partial charge in [0.15, 0.2) is 0 Å². The molecule has 2 atom stereocenters. The zero-order valence-corrected chi connectivity index (χ0v) is 44.4. The second kappa shape index (κ2) is 48.7. The zero-order valence-electron chi connectivity index (χ0n) is 43.5. The van der Waals surface area contributed by atoms with Crippen molar-refractivity contribution in [2.75, 3.05) is 54.1 Å². The number of esters is 1. The lowest BCUT2D eigenvalue weighted by Gasteiger charge is -2.28. The summed E-state index contributed by atoms with van der Waals surface area (Å²) < 4.78 is 34.8. The van der Waals surface area contributed by atoms with Crippen LogP contribution in [-0.4, -0.2) is 70.7 Å². The minimum absolute atomic E-state index is 0.0282. The van der Waals surface area contributed by atoms with Gasteiger partial charge in [-0.2, -0.15) is 0 Å². The summed E-state index contributed by atoms with van der Waals surface area (Å²) in [7, 11) is 1.37. The van der Waals surface area contributed by atoms with Crippen LogP contribution < -0.4 is 4.89 Å². The third-order valence-electron chi connectivity index (χ3n) is 12.6. The highest BCUT2D eigenvalue weighted by molar-refractivity contribution is 7.45. The first-order chi connectivity index (χ1) is 31.1. The second-order valence-electron chi connectivity index (χ2n) is 20.3. The number of carbonyl (C=O) groups excluding carboxylic acids is 1. The van der Waals surface area contributed by atoms with E-state index in [1.54, 1.807) is 0 Å². The van der Waals surface area contributed by atoms with Crippen LogP contribution in [0.5, 0.6) is 0 Å². The van der Waals surface area contributed by atoms with E-state index in [9.17, 15) is 14.3 Å². The highest BCUT2D eigenvalue weighted by Crippen LogP contribution is 2.38. The predicted octanol–water partition coefficient (Wildman–Crippen LogP) is 16.7. The summed E-state index contributed by atoms with van der Waals surface area (Å²) >= 11 is 0. The molecule has 0 aromatic carbocycles. The molecule has 0 aromatic heterocycles. The topological polar surface area (TPSA) is 94.1 Å². The van der Waals surface area contributed by atoms with Crippen molar-refractivity contribution >= 4 is 13.8 Å². The summed E-state index contributed by atoms with van der Waals surface area (Å²) in [5, 5.41) is 0. The van der Waals surface area contributed by atoms with Crippen LogP contribution in [-0.2, 0) is 27.9 Å². The molecule has 0 aromatic rings. The van der Waals surface area contributed by atoms with Gasteiger partial charge in [-0.25, -0.2) is 0 Å². The van der Waals surface area contributed by atoms with E-state index in [1.165, 1.54) is 212 Å². The molecular weight excluding hydrogens is 818 g/mol. The van der Waals surface area contributed by atoms with Gasteiger partial charge in [-0.3, -0.25) is 9.36 Å². The highest BCUT2D eigenvalue weighted by Gasteiger charge is 2.20. The molecule has 382 valence electrons. The first kappa shape index (κ1) is 63.2. The molecule has 8 nitrogen and oxygen atoms in total. The number of ether oxygens (including phenoxy) is 2. The average molecular weight is 928 g/mol. The highest BCUT2D eigenvalue weighted by atomic mass is 31.2.